The number of amides is 1. The molecular formula is C13H16ClNO2. The molecule has 2 rings (SSSR count). The molecule has 1 saturated carbocycles. The normalized spacial score (nSPS) is 16.6. The average Bonchev–Trinajstić information content (AvgIpc) is 3.07. The van der Waals surface area contributed by atoms with Gasteiger partial charge in [-0.1, -0.05) is 23.7 Å². The molecule has 1 aliphatic carbocycles. The van der Waals surface area contributed by atoms with Gasteiger partial charge in [-0.2, -0.15) is 0 Å². The van der Waals surface area contributed by atoms with E-state index in [1.165, 1.54) is 0 Å². The predicted octanol–water partition coefficient (Wildman–Crippen LogP) is 1.77. The van der Waals surface area contributed by atoms with Crippen molar-refractivity contribution < 1.29 is 9.90 Å². The molecule has 0 atom stereocenters. The Morgan fingerprint density at radius 1 is 1.47 bits per heavy atom. The number of aliphatic hydroxyl groups is 1. The first-order valence-electron chi connectivity index (χ1n) is 5.76. The number of carbonyl (C=O) groups excluding carboxylic acids is 1. The van der Waals surface area contributed by atoms with E-state index in [2.05, 4.69) is 5.32 Å². The van der Waals surface area contributed by atoms with Crippen LogP contribution >= 0.6 is 11.6 Å². The second-order valence-corrected chi connectivity index (χ2v) is 5.18. The van der Waals surface area contributed by atoms with Gasteiger partial charge in [0.15, 0.2) is 0 Å². The quantitative estimate of drug-likeness (QED) is 0.840. The lowest BCUT2D eigenvalue weighted by Crippen LogP contribution is -2.32. The van der Waals surface area contributed by atoms with Crippen LogP contribution < -0.4 is 5.32 Å². The molecule has 0 unspecified atom stereocenters. The zero-order valence-electron chi connectivity index (χ0n) is 9.58. The third kappa shape index (κ3) is 3.45. The van der Waals surface area contributed by atoms with Crippen LogP contribution in [0.15, 0.2) is 24.3 Å². The Bertz CT molecular complexity index is 416. The summed E-state index contributed by atoms with van der Waals surface area (Å²) in [5.74, 6) is -0.0213. The van der Waals surface area contributed by atoms with Crippen molar-refractivity contribution in [2.75, 3.05) is 13.2 Å². The SMILES string of the molecule is O=C(Cc1cccc(Cl)c1)NCC1(CO)CC1. The molecule has 1 aromatic carbocycles. The van der Waals surface area contributed by atoms with Crippen molar-refractivity contribution in [1.29, 1.82) is 0 Å². The Morgan fingerprint density at radius 2 is 2.24 bits per heavy atom. The van der Waals surface area contributed by atoms with Crippen molar-refractivity contribution in [1.82, 2.24) is 5.32 Å². The number of rotatable bonds is 5. The minimum Gasteiger partial charge on any atom is -0.396 e. The zero-order valence-corrected chi connectivity index (χ0v) is 10.3. The van der Waals surface area contributed by atoms with Crippen molar-refractivity contribution in [3.05, 3.63) is 34.9 Å². The fraction of sp³-hybridized carbons (Fsp3) is 0.462. The number of hydrogen-bond acceptors (Lipinski definition) is 2. The van der Waals surface area contributed by atoms with Crippen LogP contribution in [0.25, 0.3) is 0 Å². The first-order chi connectivity index (χ1) is 8.13. The van der Waals surface area contributed by atoms with Crippen molar-refractivity contribution in [2.45, 2.75) is 19.3 Å². The van der Waals surface area contributed by atoms with E-state index in [1.54, 1.807) is 12.1 Å². The standard InChI is InChI=1S/C13H16ClNO2/c14-11-3-1-2-10(6-11)7-12(17)15-8-13(9-16)4-5-13/h1-3,6,16H,4-5,7-9H2,(H,15,17). The molecule has 0 spiro atoms. The molecule has 3 nitrogen and oxygen atoms in total. The lowest BCUT2D eigenvalue weighted by Gasteiger charge is -2.12. The molecule has 1 amide bonds. The molecule has 0 saturated heterocycles. The maximum absolute atomic E-state index is 11.7. The number of halogens is 1. The van der Waals surface area contributed by atoms with Crippen LogP contribution in [0.2, 0.25) is 5.02 Å². The van der Waals surface area contributed by atoms with Gasteiger partial charge in [-0.15, -0.1) is 0 Å². The summed E-state index contributed by atoms with van der Waals surface area (Å²) in [5, 5.41) is 12.6. The molecule has 1 aliphatic rings. The van der Waals surface area contributed by atoms with Crippen LogP contribution in [0.1, 0.15) is 18.4 Å². The van der Waals surface area contributed by atoms with E-state index in [0.717, 1.165) is 18.4 Å². The van der Waals surface area contributed by atoms with Gasteiger partial charge < -0.3 is 10.4 Å². The summed E-state index contributed by atoms with van der Waals surface area (Å²) in [6.07, 6.45) is 2.34. The molecule has 0 aliphatic heterocycles. The maximum atomic E-state index is 11.7. The number of benzene rings is 1. The second-order valence-electron chi connectivity index (χ2n) is 4.74. The Morgan fingerprint density at radius 3 is 2.82 bits per heavy atom. The molecule has 17 heavy (non-hydrogen) atoms. The first kappa shape index (κ1) is 12.4. The number of nitrogens with one attached hydrogen (secondary N) is 1. The van der Waals surface area contributed by atoms with E-state index in [1.807, 2.05) is 12.1 Å². The average molecular weight is 254 g/mol. The van der Waals surface area contributed by atoms with Crippen LogP contribution in [0.3, 0.4) is 0 Å². The molecule has 1 aromatic rings. The number of aliphatic hydroxyl groups excluding tert-OH is 1. The zero-order chi connectivity index (χ0) is 12.3. The van der Waals surface area contributed by atoms with Gasteiger partial charge in [0.1, 0.15) is 0 Å². The minimum absolute atomic E-state index is 0.0213. The van der Waals surface area contributed by atoms with Crippen LogP contribution in [-0.2, 0) is 11.2 Å². The van der Waals surface area contributed by atoms with Crippen LogP contribution in [0.5, 0.6) is 0 Å². The van der Waals surface area contributed by atoms with Gasteiger partial charge in [-0.05, 0) is 30.5 Å². The van der Waals surface area contributed by atoms with Crippen molar-refractivity contribution >= 4 is 17.5 Å². The van der Waals surface area contributed by atoms with E-state index < -0.39 is 0 Å². The molecule has 0 aromatic heterocycles. The highest BCUT2D eigenvalue weighted by atomic mass is 35.5. The monoisotopic (exact) mass is 253 g/mol. The summed E-state index contributed by atoms with van der Waals surface area (Å²) in [5.41, 5.74) is 0.869. The topological polar surface area (TPSA) is 49.3 Å². The highest BCUT2D eigenvalue weighted by Crippen LogP contribution is 2.44. The Labute approximate surface area is 106 Å². The van der Waals surface area contributed by atoms with Crippen LogP contribution in [-0.4, -0.2) is 24.2 Å². The first-order valence-corrected chi connectivity index (χ1v) is 6.13. The molecule has 2 N–H and O–H groups in total. The van der Waals surface area contributed by atoms with E-state index in [9.17, 15) is 4.79 Å². The maximum Gasteiger partial charge on any atom is 0.224 e. The lowest BCUT2D eigenvalue weighted by atomic mass is 10.1. The molecule has 1 fully saturated rings. The third-order valence-electron chi connectivity index (χ3n) is 3.21. The second kappa shape index (κ2) is 5.07. The van der Waals surface area contributed by atoms with E-state index in [-0.39, 0.29) is 17.9 Å². The van der Waals surface area contributed by atoms with Gasteiger partial charge in [0.2, 0.25) is 5.91 Å². The minimum atomic E-state index is -0.0377. The Balaban J connectivity index is 1.81. The molecule has 4 heteroatoms. The van der Waals surface area contributed by atoms with Gasteiger partial charge in [0.25, 0.3) is 0 Å². The molecule has 0 heterocycles. The Hall–Kier alpha value is -1.06. The molecule has 0 radical (unpaired) electrons. The molecule has 92 valence electrons. The Kier molecular flexibility index (Phi) is 3.69. The summed E-state index contributed by atoms with van der Waals surface area (Å²) in [4.78, 5) is 11.7. The van der Waals surface area contributed by atoms with Gasteiger partial charge in [-0.25, -0.2) is 0 Å². The van der Waals surface area contributed by atoms with Crippen LogP contribution in [0.4, 0.5) is 0 Å². The van der Waals surface area contributed by atoms with E-state index >= 15 is 0 Å². The largest absolute Gasteiger partial charge is 0.396 e. The summed E-state index contributed by atoms with van der Waals surface area (Å²) >= 11 is 5.85. The summed E-state index contributed by atoms with van der Waals surface area (Å²) in [7, 11) is 0. The van der Waals surface area contributed by atoms with E-state index in [4.69, 9.17) is 16.7 Å². The number of hydrogen-bond donors (Lipinski definition) is 2. The number of carbonyl (C=O) groups is 1. The van der Waals surface area contributed by atoms with Crippen LogP contribution in [0, 0.1) is 5.41 Å². The summed E-state index contributed by atoms with van der Waals surface area (Å²) in [6.45, 7) is 0.730. The van der Waals surface area contributed by atoms with E-state index in [0.29, 0.717) is 18.0 Å². The lowest BCUT2D eigenvalue weighted by molar-refractivity contribution is -0.120. The smallest absolute Gasteiger partial charge is 0.224 e. The fourth-order valence-corrected chi connectivity index (χ4v) is 1.96. The third-order valence-corrected chi connectivity index (χ3v) is 3.44. The van der Waals surface area contributed by atoms with Crippen molar-refractivity contribution in [2.24, 2.45) is 5.41 Å². The summed E-state index contributed by atoms with van der Waals surface area (Å²) in [6, 6.07) is 7.29. The molecular weight excluding hydrogens is 238 g/mol. The molecule has 0 bridgehead atoms. The van der Waals surface area contributed by atoms with Gasteiger partial charge in [0, 0.05) is 17.0 Å². The summed E-state index contributed by atoms with van der Waals surface area (Å²) < 4.78 is 0. The van der Waals surface area contributed by atoms with Gasteiger partial charge in [-0.3, -0.25) is 4.79 Å². The van der Waals surface area contributed by atoms with Crippen molar-refractivity contribution in [3.8, 4) is 0 Å². The van der Waals surface area contributed by atoms with Gasteiger partial charge >= 0.3 is 0 Å². The highest BCUT2D eigenvalue weighted by Gasteiger charge is 2.41. The predicted molar refractivity (Wildman–Crippen MR) is 66.9 cm³/mol. The fourth-order valence-electron chi connectivity index (χ4n) is 1.75. The van der Waals surface area contributed by atoms with Crippen molar-refractivity contribution in [3.63, 3.8) is 0 Å². The van der Waals surface area contributed by atoms with Gasteiger partial charge in [0.05, 0.1) is 13.0 Å². The highest BCUT2D eigenvalue weighted by molar-refractivity contribution is 6.30.